The van der Waals surface area contributed by atoms with Gasteiger partial charge in [-0.1, -0.05) is 13.8 Å². The Morgan fingerprint density at radius 3 is 2.56 bits per heavy atom. The Morgan fingerprint density at radius 1 is 1.25 bits per heavy atom. The molecule has 1 aliphatic rings. The summed E-state index contributed by atoms with van der Waals surface area (Å²) in [5.74, 6) is 1.49. The van der Waals surface area contributed by atoms with Gasteiger partial charge < -0.3 is 0 Å². The minimum Gasteiger partial charge on any atom is -0.211 e. The maximum atomic E-state index is 10.2. The summed E-state index contributed by atoms with van der Waals surface area (Å²) in [6, 6.07) is 0.0688. The van der Waals surface area contributed by atoms with Crippen LogP contribution < -0.4 is 0 Å². The zero-order valence-electron chi connectivity index (χ0n) is 9.85. The summed E-state index contributed by atoms with van der Waals surface area (Å²) in [4.78, 5) is 27.9. The van der Waals surface area contributed by atoms with Gasteiger partial charge in [-0.25, -0.2) is 19.6 Å². The molecule has 0 radical (unpaired) electrons. The fraction of sp³-hybridized carbons (Fsp3) is 0.833. The van der Waals surface area contributed by atoms with Crippen LogP contribution in [0.1, 0.15) is 33.1 Å². The van der Waals surface area contributed by atoms with E-state index in [0.29, 0.717) is 24.3 Å². The molecule has 4 heteroatoms. The van der Waals surface area contributed by atoms with Gasteiger partial charge >= 0.3 is 0 Å². The molecule has 88 valence electrons. The minimum absolute atomic E-state index is 0.0688. The lowest BCUT2D eigenvalue weighted by Crippen LogP contribution is -2.32. The normalized spacial score (nSPS) is 29.3. The second-order valence-electron chi connectivity index (χ2n) is 4.79. The standard InChI is InChI=1S/C12H18N2O2/c1-9(2)12-4-3-11(14-8-16)5-10(12)6-13-7-15/h9-12H,3-6H2,1-2H3. The number of rotatable bonds is 4. The van der Waals surface area contributed by atoms with E-state index in [4.69, 9.17) is 0 Å². The largest absolute Gasteiger partial charge is 0.235 e. The van der Waals surface area contributed by atoms with Crippen molar-refractivity contribution in [3.05, 3.63) is 0 Å². The molecule has 0 bridgehead atoms. The van der Waals surface area contributed by atoms with E-state index in [1.54, 1.807) is 12.2 Å². The van der Waals surface area contributed by atoms with Crippen molar-refractivity contribution in [1.82, 2.24) is 0 Å². The molecule has 1 saturated carbocycles. The van der Waals surface area contributed by atoms with E-state index in [0.717, 1.165) is 19.3 Å². The molecule has 1 rings (SSSR count). The van der Waals surface area contributed by atoms with Crippen molar-refractivity contribution in [3.63, 3.8) is 0 Å². The number of nitrogens with zero attached hydrogens (tertiary/aromatic N) is 2. The quantitative estimate of drug-likeness (QED) is 0.540. The van der Waals surface area contributed by atoms with Crippen LogP contribution in [0.25, 0.3) is 0 Å². The van der Waals surface area contributed by atoms with Crippen molar-refractivity contribution >= 4 is 12.2 Å². The van der Waals surface area contributed by atoms with Gasteiger partial charge in [0, 0.05) is 0 Å². The predicted octanol–water partition coefficient (Wildman–Crippen LogP) is 2.10. The number of isocyanates is 2. The second kappa shape index (κ2) is 6.37. The Morgan fingerprint density at radius 2 is 2.00 bits per heavy atom. The molecule has 0 spiro atoms. The average molecular weight is 222 g/mol. The van der Waals surface area contributed by atoms with Crippen molar-refractivity contribution < 1.29 is 9.59 Å². The lowest BCUT2D eigenvalue weighted by atomic mass is 9.72. The van der Waals surface area contributed by atoms with Crippen molar-refractivity contribution in [2.75, 3.05) is 6.54 Å². The molecule has 4 nitrogen and oxygen atoms in total. The fourth-order valence-corrected chi connectivity index (χ4v) is 2.70. The monoisotopic (exact) mass is 222 g/mol. The second-order valence-corrected chi connectivity index (χ2v) is 4.79. The van der Waals surface area contributed by atoms with Crippen LogP contribution in [-0.2, 0) is 9.59 Å². The zero-order chi connectivity index (χ0) is 12.0. The summed E-state index contributed by atoms with van der Waals surface area (Å²) in [7, 11) is 0. The molecule has 0 saturated heterocycles. The minimum atomic E-state index is 0.0688. The van der Waals surface area contributed by atoms with E-state index < -0.39 is 0 Å². The van der Waals surface area contributed by atoms with Gasteiger partial charge in [-0.15, -0.1) is 0 Å². The number of carbonyl (C=O) groups excluding carboxylic acids is 2. The predicted molar refractivity (Wildman–Crippen MR) is 60.6 cm³/mol. The van der Waals surface area contributed by atoms with Gasteiger partial charge in [0.1, 0.15) is 0 Å². The van der Waals surface area contributed by atoms with Crippen molar-refractivity contribution in [1.29, 1.82) is 0 Å². The molecular weight excluding hydrogens is 204 g/mol. The fourth-order valence-electron chi connectivity index (χ4n) is 2.70. The molecular formula is C12H18N2O2. The molecule has 1 aliphatic carbocycles. The van der Waals surface area contributed by atoms with Gasteiger partial charge in [-0.3, -0.25) is 0 Å². The van der Waals surface area contributed by atoms with E-state index in [1.807, 2.05) is 0 Å². The Kier molecular flexibility index (Phi) is 5.10. The first-order chi connectivity index (χ1) is 7.69. The van der Waals surface area contributed by atoms with Crippen LogP contribution in [0.4, 0.5) is 0 Å². The third kappa shape index (κ3) is 3.41. The Hall–Kier alpha value is -1.24. The molecule has 0 aliphatic heterocycles. The number of aliphatic imine (C=N–C) groups is 2. The van der Waals surface area contributed by atoms with Gasteiger partial charge in [0.25, 0.3) is 0 Å². The molecule has 0 aromatic rings. The van der Waals surface area contributed by atoms with Crippen LogP contribution in [0.3, 0.4) is 0 Å². The molecule has 16 heavy (non-hydrogen) atoms. The molecule has 0 aromatic heterocycles. The molecule has 0 amide bonds. The summed E-state index contributed by atoms with van der Waals surface area (Å²) in [6.07, 6.45) is 6.04. The molecule has 0 aromatic carbocycles. The maximum absolute atomic E-state index is 10.2. The van der Waals surface area contributed by atoms with Crippen LogP contribution in [0.5, 0.6) is 0 Å². The smallest absolute Gasteiger partial charge is 0.211 e. The maximum Gasteiger partial charge on any atom is 0.235 e. The third-order valence-electron chi connectivity index (χ3n) is 3.50. The SMILES string of the molecule is CC(C)C1CCC(N=C=O)CC1CN=C=O. The van der Waals surface area contributed by atoms with Gasteiger partial charge in [0.05, 0.1) is 12.6 Å². The molecule has 1 fully saturated rings. The van der Waals surface area contributed by atoms with Crippen LogP contribution >= 0.6 is 0 Å². The Labute approximate surface area is 95.9 Å². The molecule has 0 N–H and O–H groups in total. The first-order valence-corrected chi connectivity index (χ1v) is 5.79. The van der Waals surface area contributed by atoms with E-state index in [-0.39, 0.29) is 6.04 Å². The first-order valence-electron chi connectivity index (χ1n) is 5.79. The summed E-state index contributed by atoms with van der Waals surface area (Å²) < 4.78 is 0. The van der Waals surface area contributed by atoms with Crippen LogP contribution in [-0.4, -0.2) is 24.7 Å². The van der Waals surface area contributed by atoms with Gasteiger partial charge in [0.15, 0.2) is 0 Å². The van der Waals surface area contributed by atoms with Crippen molar-refractivity contribution in [2.45, 2.75) is 39.2 Å². The molecule has 3 atom stereocenters. The topological polar surface area (TPSA) is 58.9 Å². The first kappa shape index (κ1) is 12.8. The highest BCUT2D eigenvalue weighted by Crippen LogP contribution is 2.36. The zero-order valence-corrected chi connectivity index (χ0v) is 9.85. The Bertz CT molecular complexity index is 315. The van der Waals surface area contributed by atoms with Crippen LogP contribution in [0.15, 0.2) is 9.98 Å². The lowest BCUT2D eigenvalue weighted by Gasteiger charge is -2.35. The van der Waals surface area contributed by atoms with E-state index in [2.05, 4.69) is 23.8 Å². The van der Waals surface area contributed by atoms with Gasteiger partial charge in [-0.05, 0) is 37.0 Å². The highest BCUT2D eigenvalue weighted by molar-refractivity contribution is 5.34. The highest BCUT2D eigenvalue weighted by Gasteiger charge is 2.31. The summed E-state index contributed by atoms with van der Waals surface area (Å²) in [5, 5.41) is 0. The van der Waals surface area contributed by atoms with Crippen molar-refractivity contribution in [3.8, 4) is 0 Å². The van der Waals surface area contributed by atoms with Crippen LogP contribution in [0, 0.1) is 17.8 Å². The van der Waals surface area contributed by atoms with E-state index in [9.17, 15) is 9.59 Å². The van der Waals surface area contributed by atoms with Crippen LogP contribution in [0.2, 0.25) is 0 Å². The molecule has 3 unspecified atom stereocenters. The van der Waals surface area contributed by atoms with Gasteiger partial charge in [0.2, 0.25) is 12.2 Å². The summed E-state index contributed by atoms with van der Waals surface area (Å²) in [5.41, 5.74) is 0. The molecule has 0 heterocycles. The number of hydrogen-bond acceptors (Lipinski definition) is 4. The van der Waals surface area contributed by atoms with Crippen molar-refractivity contribution in [2.24, 2.45) is 27.7 Å². The van der Waals surface area contributed by atoms with Gasteiger partial charge in [-0.2, -0.15) is 0 Å². The summed E-state index contributed by atoms with van der Waals surface area (Å²) >= 11 is 0. The average Bonchev–Trinajstić information content (AvgIpc) is 2.26. The summed E-state index contributed by atoms with van der Waals surface area (Å²) in [6.45, 7) is 4.88. The highest BCUT2D eigenvalue weighted by atomic mass is 16.1. The third-order valence-corrected chi connectivity index (χ3v) is 3.50. The van der Waals surface area contributed by atoms with E-state index >= 15 is 0 Å². The van der Waals surface area contributed by atoms with E-state index in [1.165, 1.54) is 0 Å². The number of hydrogen-bond donors (Lipinski definition) is 0. The Balaban J connectivity index is 2.68. The lowest BCUT2D eigenvalue weighted by molar-refractivity contribution is 0.172.